The molecule has 0 radical (unpaired) electrons. The molecule has 3 rings (SSSR count). The van der Waals surface area contributed by atoms with Crippen molar-refractivity contribution >= 4 is 32.1 Å². The van der Waals surface area contributed by atoms with E-state index in [2.05, 4.69) is 27.7 Å². The van der Waals surface area contributed by atoms with E-state index in [1.807, 2.05) is 22.7 Å². The summed E-state index contributed by atoms with van der Waals surface area (Å²) in [5.74, 6) is 0. The lowest BCUT2D eigenvalue weighted by atomic mass is 10.3. The molecule has 2 aromatic rings. The van der Waals surface area contributed by atoms with Crippen molar-refractivity contribution in [2.24, 2.45) is 0 Å². The highest BCUT2D eigenvalue weighted by molar-refractivity contribution is 7.26. The van der Waals surface area contributed by atoms with Crippen LogP contribution in [0.25, 0.3) is 9.40 Å². The second-order valence-corrected chi connectivity index (χ2v) is 7.06. The van der Waals surface area contributed by atoms with Crippen molar-refractivity contribution in [1.29, 1.82) is 0 Å². The Hall–Kier alpha value is -0.420. The molecule has 18 heavy (non-hydrogen) atoms. The molecule has 1 N–H and O–H groups in total. The van der Waals surface area contributed by atoms with Crippen molar-refractivity contribution in [3.8, 4) is 0 Å². The Morgan fingerprint density at radius 1 is 1.22 bits per heavy atom. The molecule has 0 atom stereocenters. The summed E-state index contributed by atoms with van der Waals surface area (Å²) in [4.78, 5) is 4.06. The molecule has 1 aliphatic rings. The molecule has 0 spiro atoms. The zero-order valence-electron chi connectivity index (χ0n) is 10.7. The van der Waals surface area contributed by atoms with Crippen LogP contribution in [-0.4, -0.2) is 31.1 Å². The number of thiophene rings is 2. The Morgan fingerprint density at radius 2 is 2.11 bits per heavy atom. The predicted molar refractivity (Wildman–Crippen MR) is 81.7 cm³/mol. The van der Waals surface area contributed by atoms with Crippen LogP contribution in [0.3, 0.4) is 0 Å². The van der Waals surface area contributed by atoms with Crippen LogP contribution in [0.2, 0.25) is 0 Å². The van der Waals surface area contributed by atoms with Crippen LogP contribution in [0.1, 0.15) is 24.1 Å². The minimum Gasteiger partial charge on any atom is -0.312 e. The minimum absolute atomic E-state index is 1.03. The maximum atomic E-state index is 3.56. The van der Waals surface area contributed by atoms with E-state index in [1.54, 1.807) is 0 Å². The third kappa shape index (κ3) is 3.12. The summed E-state index contributed by atoms with van der Waals surface area (Å²) < 4.78 is 2.88. The van der Waals surface area contributed by atoms with Gasteiger partial charge in [-0.1, -0.05) is 0 Å². The van der Waals surface area contributed by atoms with Crippen LogP contribution in [0.4, 0.5) is 0 Å². The minimum atomic E-state index is 1.03. The van der Waals surface area contributed by atoms with Gasteiger partial charge in [0.25, 0.3) is 0 Å². The number of rotatable bonds is 6. The van der Waals surface area contributed by atoms with Gasteiger partial charge in [-0.15, -0.1) is 22.7 Å². The summed E-state index contributed by atoms with van der Waals surface area (Å²) in [5.41, 5.74) is 0. The van der Waals surface area contributed by atoms with Crippen LogP contribution in [0.5, 0.6) is 0 Å². The van der Waals surface area contributed by atoms with Gasteiger partial charge in [-0.3, -0.25) is 0 Å². The average molecular weight is 280 g/mol. The van der Waals surface area contributed by atoms with Crippen LogP contribution >= 0.6 is 22.7 Å². The Kier molecular flexibility index (Phi) is 4.31. The Balaban J connectivity index is 1.35. The molecular formula is C14H20N2S2. The number of nitrogens with zero attached hydrogens (tertiary/aromatic N) is 1. The fourth-order valence-electron chi connectivity index (χ4n) is 2.55. The van der Waals surface area contributed by atoms with Crippen LogP contribution in [0.15, 0.2) is 17.5 Å². The van der Waals surface area contributed by atoms with E-state index in [0.29, 0.717) is 0 Å². The second kappa shape index (κ2) is 6.15. The molecule has 0 amide bonds. The fourth-order valence-corrected chi connectivity index (χ4v) is 4.65. The monoisotopic (exact) mass is 280 g/mol. The normalized spacial score (nSPS) is 16.9. The first-order valence-electron chi connectivity index (χ1n) is 6.81. The maximum absolute atomic E-state index is 3.56. The lowest BCUT2D eigenvalue weighted by molar-refractivity contribution is 0.331. The van der Waals surface area contributed by atoms with Gasteiger partial charge in [0.15, 0.2) is 0 Å². The molecule has 1 aliphatic heterocycles. The molecule has 98 valence electrons. The van der Waals surface area contributed by atoms with Crippen molar-refractivity contribution in [2.45, 2.75) is 25.8 Å². The van der Waals surface area contributed by atoms with Crippen LogP contribution in [0, 0.1) is 0 Å². The molecule has 1 fully saturated rings. The maximum Gasteiger partial charge on any atom is 0.0453 e. The first-order chi connectivity index (χ1) is 8.92. The van der Waals surface area contributed by atoms with Crippen molar-refractivity contribution in [2.75, 3.05) is 26.2 Å². The first kappa shape index (κ1) is 12.6. The molecule has 0 unspecified atom stereocenters. The molecule has 3 heterocycles. The topological polar surface area (TPSA) is 15.3 Å². The molecule has 0 aliphatic carbocycles. The Bertz CT molecular complexity index is 454. The summed E-state index contributed by atoms with van der Waals surface area (Å²) in [6.45, 7) is 6.09. The van der Waals surface area contributed by atoms with E-state index in [9.17, 15) is 0 Å². The summed E-state index contributed by atoms with van der Waals surface area (Å²) >= 11 is 3.77. The standard InChI is InChI=1S/C14H20N2S2/c1-2-7-16(6-1)8-3-5-15-11-12-10-14-13(18-12)4-9-17-14/h4,9-10,15H,1-3,5-8,11H2. The molecular weight excluding hydrogens is 260 g/mol. The molecule has 4 heteroatoms. The van der Waals surface area contributed by atoms with Gasteiger partial charge in [-0.2, -0.15) is 0 Å². The SMILES string of the molecule is c1cc2sc(CNCCCN3CCCC3)cc2s1. The van der Waals surface area contributed by atoms with E-state index in [4.69, 9.17) is 0 Å². The highest BCUT2D eigenvalue weighted by atomic mass is 32.1. The smallest absolute Gasteiger partial charge is 0.0453 e. The molecule has 2 aromatic heterocycles. The van der Waals surface area contributed by atoms with Crippen molar-refractivity contribution in [3.63, 3.8) is 0 Å². The predicted octanol–water partition coefficient (Wildman–Crippen LogP) is 3.54. The van der Waals surface area contributed by atoms with E-state index in [1.165, 1.54) is 53.2 Å². The number of likely N-dealkylation sites (tertiary alicyclic amines) is 1. The fraction of sp³-hybridized carbons (Fsp3) is 0.571. The molecule has 2 nitrogen and oxygen atoms in total. The van der Waals surface area contributed by atoms with E-state index in [-0.39, 0.29) is 0 Å². The largest absolute Gasteiger partial charge is 0.312 e. The lowest BCUT2D eigenvalue weighted by Crippen LogP contribution is -2.24. The average Bonchev–Trinajstić information content (AvgIpc) is 3.03. The number of hydrogen-bond donors (Lipinski definition) is 1. The molecule has 0 bridgehead atoms. The summed E-state index contributed by atoms with van der Waals surface area (Å²) in [6, 6.07) is 4.56. The molecule has 1 saturated heterocycles. The number of hydrogen-bond acceptors (Lipinski definition) is 4. The first-order valence-corrected chi connectivity index (χ1v) is 8.50. The second-order valence-electron chi connectivity index (χ2n) is 4.94. The zero-order chi connectivity index (χ0) is 12.2. The third-order valence-electron chi connectivity index (χ3n) is 3.52. The summed E-state index contributed by atoms with van der Waals surface area (Å²) in [5, 5.41) is 5.74. The van der Waals surface area contributed by atoms with Gasteiger partial charge in [0, 0.05) is 20.8 Å². The van der Waals surface area contributed by atoms with Crippen molar-refractivity contribution in [3.05, 3.63) is 22.4 Å². The quantitative estimate of drug-likeness (QED) is 0.814. The van der Waals surface area contributed by atoms with Gasteiger partial charge in [0.2, 0.25) is 0 Å². The van der Waals surface area contributed by atoms with Crippen molar-refractivity contribution < 1.29 is 0 Å². The van der Waals surface area contributed by atoms with Gasteiger partial charge in [0.05, 0.1) is 0 Å². The van der Waals surface area contributed by atoms with Crippen LogP contribution in [-0.2, 0) is 6.54 Å². The van der Waals surface area contributed by atoms with E-state index >= 15 is 0 Å². The highest BCUT2D eigenvalue weighted by Gasteiger charge is 2.10. The summed E-state index contributed by atoms with van der Waals surface area (Å²) in [7, 11) is 0. The van der Waals surface area contributed by atoms with Crippen molar-refractivity contribution in [1.82, 2.24) is 10.2 Å². The number of fused-ring (bicyclic) bond motifs is 1. The highest BCUT2D eigenvalue weighted by Crippen LogP contribution is 2.29. The van der Waals surface area contributed by atoms with Gasteiger partial charge in [0.1, 0.15) is 0 Å². The van der Waals surface area contributed by atoms with Gasteiger partial charge in [-0.25, -0.2) is 0 Å². The van der Waals surface area contributed by atoms with Gasteiger partial charge < -0.3 is 10.2 Å². The molecule has 0 aromatic carbocycles. The lowest BCUT2D eigenvalue weighted by Gasteiger charge is -2.14. The van der Waals surface area contributed by atoms with E-state index in [0.717, 1.165) is 13.1 Å². The van der Waals surface area contributed by atoms with E-state index < -0.39 is 0 Å². The third-order valence-corrected chi connectivity index (χ3v) is 5.61. The zero-order valence-corrected chi connectivity index (χ0v) is 12.3. The molecule has 0 saturated carbocycles. The Morgan fingerprint density at radius 3 is 2.94 bits per heavy atom. The Labute approximate surface area is 117 Å². The van der Waals surface area contributed by atoms with Crippen LogP contribution < -0.4 is 5.32 Å². The number of nitrogens with one attached hydrogen (secondary N) is 1. The summed E-state index contributed by atoms with van der Waals surface area (Å²) in [6.07, 6.45) is 4.08. The van der Waals surface area contributed by atoms with Gasteiger partial charge in [-0.05, 0) is 63.0 Å². The van der Waals surface area contributed by atoms with Gasteiger partial charge >= 0.3 is 0 Å².